The van der Waals surface area contributed by atoms with E-state index in [1.165, 1.54) is 57.8 Å². The Bertz CT molecular complexity index is 2140. The van der Waals surface area contributed by atoms with E-state index >= 15 is 0 Å². The molecule has 294 valence electrons. The van der Waals surface area contributed by atoms with Crippen LogP contribution in [-0.4, -0.2) is 65.3 Å². The minimum atomic E-state index is 0.372. The first-order chi connectivity index (χ1) is 26.7. The van der Waals surface area contributed by atoms with Crippen LogP contribution in [0.3, 0.4) is 0 Å². The van der Waals surface area contributed by atoms with Crippen molar-refractivity contribution in [1.29, 1.82) is 0 Å². The predicted molar refractivity (Wildman–Crippen MR) is 221 cm³/mol. The first kappa shape index (κ1) is 39.1. The highest BCUT2D eigenvalue weighted by molar-refractivity contribution is 6.34. The number of hydrogen-bond acceptors (Lipinski definition) is 8. The summed E-state index contributed by atoms with van der Waals surface area (Å²) < 4.78 is 15.5. The van der Waals surface area contributed by atoms with Crippen LogP contribution in [0.5, 0.6) is 0 Å². The van der Waals surface area contributed by atoms with Crippen molar-refractivity contribution in [2.75, 3.05) is 24.1 Å². The molecule has 4 aromatic heterocycles. The second kappa shape index (κ2) is 17.8. The molecule has 5 atom stereocenters. The Kier molecular flexibility index (Phi) is 12.7. The van der Waals surface area contributed by atoms with Crippen LogP contribution in [0.1, 0.15) is 89.9 Å². The molecule has 2 aliphatic carbocycles. The topological polar surface area (TPSA) is 134 Å². The highest BCUT2D eigenvalue weighted by Crippen LogP contribution is 2.34. The SMILES string of the molecule is CCC(C)[C@@H]1CCCCC1OCNc1ccc(-c2nc3c(Cl)c(C)[nH]n3n2)cc1.Cc1[nH]n2nc(-c3ccc(NCOC4CCCC[C@H]4C)cc3)nc2c1Cl. The molecule has 2 fully saturated rings. The fraction of sp³-hybridized carbons (Fsp3) is 0.512. The fourth-order valence-electron chi connectivity index (χ4n) is 7.81. The van der Waals surface area contributed by atoms with Crippen molar-refractivity contribution in [3.05, 3.63) is 70.0 Å². The van der Waals surface area contributed by atoms with Gasteiger partial charge in [0.05, 0.1) is 23.6 Å². The maximum Gasteiger partial charge on any atom is 0.194 e. The standard InChI is InChI=1S/C22H30ClN5O.C19H24ClN5O/c1-4-14(2)18-7-5-6-8-19(18)29-13-24-17-11-9-16(10-12-17)21-25-22-20(23)15(3)26-28(22)27-21;1-12-5-3-4-6-16(12)26-11-21-15-9-7-14(8-10-15)18-22-19-17(20)13(2)23-25(19)24-18/h9-12,14,18-19,24,26H,4-8,13H2,1-3H3;7-10,12,16,21,23H,3-6,11H2,1-2H3/t14?,18-,19?;12-,16?/m01/s1. The predicted octanol–water partition coefficient (Wildman–Crippen LogP) is 10.3. The van der Waals surface area contributed by atoms with Gasteiger partial charge in [-0.2, -0.15) is 9.26 Å². The number of aromatic amines is 2. The lowest BCUT2D eigenvalue weighted by atomic mass is 9.77. The molecule has 6 aromatic rings. The average Bonchev–Trinajstić information content (AvgIpc) is 3.95. The summed E-state index contributed by atoms with van der Waals surface area (Å²) in [5.41, 5.74) is 6.98. The minimum absolute atomic E-state index is 0.372. The van der Waals surface area contributed by atoms with Gasteiger partial charge < -0.3 is 20.1 Å². The molecule has 14 heteroatoms. The summed E-state index contributed by atoms with van der Waals surface area (Å²) >= 11 is 12.5. The van der Waals surface area contributed by atoms with Crippen molar-refractivity contribution in [1.82, 2.24) is 39.6 Å². The second-order valence-corrected chi connectivity index (χ2v) is 16.0. The third-order valence-electron chi connectivity index (χ3n) is 11.4. The molecule has 0 bridgehead atoms. The van der Waals surface area contributed by atoms with E-state index in [-0.39, 0.29) is 0 Å². The number of nitrogens with one attached hydrogen (secondary N) is 4. The second-order valence-electron chi connectivity index (χ2n) is 15.2. The fourth-order valence-corrected chi connectivity index (χ4v) is 8.14. The van der Waals surface area contributed by atoms with Crippen LogP contribution in [0, 0.1) is 31.6 Å². The van der Waals surface area contributed by atoms with Gasteiger partial charge in [0, 0.05) is 22.5 Å². The van der Waals surface area contributed by atoms with Crippen LogP contribution in [0.4, 0.5) is 11.4 Å². The molecule has 2 aliphatic rings. The number of halogens is 2. The average molecular weight is 790 g/mol. The molecule has 12 nitrogen and oxygen atoms in total. The van der Waals surface area contributed by atoms with Gasteiger partial charge in [-0.05, 0) is 106 Å². The first-order valence-corrected chi connectivity index (χ1v) is 20.6. The van der Waals surface area contributed by atoms with Gasteiger partial charge in [-0.3, -0.25) is 10.2 Å². The first-order valence-electron chi connectivity index (χ1n) is 19.8. The molecule has 55 heavy (non-hydrogen) atoms. The van der Waals surface area contributed by atoms with Gasteiger partial charge in [0.15, 0.2) is 22.9 Å². The summed E-state index contributed by atoms with van der Waals surface area (Å²) in [7, 11) is 0. The van der Waals surface area contributed by atoms with E-state index in [9.17, 15) is 0 Å². The highest BCUT2D eigenvalue weighted by Gasteiger charge is 2.29. The molecule has 0 radical (unpaired) electrons. The van der Waals surface area contributed by atoms with Gasteiger partial charge >= 0.3 is 0 Å². The lowest BCUT2D eigenvalue weighted by Gasteiger charge is -2.35. The zero-order chi connectivity index (χ0) is 38.5. The maximum atomic E-state index is 6.25. The molecule has 8 rings (SSSR count). The number of nitrogens with zero attached hydrogens (tertiary/aromatic N) is 6. The van der Waals surface area contributed by atoms with Crippen molar-refractivity contribution in [2.45, 2.75) is 105 Å². The van der Waals surface area contributed by atoms with Gasteiger partial charge in [0.1, 0.15) is 23.5 Å². The number of H-pyrrole nitrogens is 2. The van der Waals surface area contributed by atoms with E-state index in [0.29, 0.717) is 70.5 Å². The molecule has 0 saturated heterocycles. The number of aromatic nitrogens is 8. The lowest BCUT2D eigenvalue weighted by Crippen LogP contribution is -2.33. The van der Waals surface area contributed by atoms with Crippen LogP contribution in [-0.2, 0) is 9.47 Å². The van der Waals surface area contributed by atoms with Crippen LogP contribution in [0.15, 0.2) is 48.5 Å². The molecule has 0 amide bonds. The molecule has 2 saturated carbocycles. The van der Waals surface area contributed by atoms with E-state index in [1.807, 2.05) is 62.4 Å². The van der Waals surface area contributed by atoms with Gasteiger partial charge in [-0.15, -0.1) is 10.2 Å². The molecular formula is C41H54Cl2N10O2. The highest BCUT2D eigenvalue weighted by atomic mass is 35.5. The molecule has 2 aromatic carbocycles. The number of fused-ring (bicyclic) bond motifs is 2. The van der Waals surface area contributed by atoms with E-state index in [1.54, 1.807) is 9.26 Å². The van der Waals surface area contributed by atoms with Crippen molar-refractivity contribution in [3.8, 4) is 22.8 Å². The van der Waals surface area contributed by atoms with Crippen LogP contribution in [0.25, 0.3) is 34.1 Å². The molecular weight excluding hydrogens is 735 g/mol. The summed E-state index contributed by atoms with van der Waals surface area (Å²) in [6, 6.07) is 16.1. The zero-order valence-electron chi connectivity index (χ0n) is 32.5. The Morgan fingerprint density at radius 1 is 0.709 bits per heavy atom. The Morgan fingerprint density at radius 3 is 1.64 bits per heavy atom. The Balaban J connectivity index is 0.000000170. The molecule has 4 N–H and O–H groups in total. The van der Waals surface area contributed by atoms with E-state index in [2.05, 4.69) is 61.8 Å². The van der Waals surface area contributed by atoms with Crippen LogP contribution >= 0.6 is 23.2 Å². The minimum Gasteiger partial charge on any atom is -0.363 e. The molecule has 0 spiro atoms. The zero-order valence-corrected chi connectivity index (χ0v) is 34.1. The number of rotatable bonds is 12. The van der Waals surface area contributed by atoms with Crippen LogP contribution < -0.4 is 10.6 Å². The summed E-state index contributed by atoms with van der Waals surface area (Å²) in [5, 5.41) is 23.0. The molecule has 0 aliphatic heterocycles. The number of ether oxygens (including phenoxy) is 2. The van der Waals surface area contributed by atoms with Crippen molar-refractivity contribution in [2.24, 2.45) is 17.8 Å². The number of anilines is 2. The Hall–Kier alpha value is -4.10. The Morgan fingerprint density at radius 2 is 1.16 bits per heavy atom. The summed E-state index contributed by atoms with van der Waals surface area (Å²) in [6.45, 7) is 11.8. The van der Waals surface area contributed by atoms with Gasteiger partial charge in [-0.1, -0.05) is 76.1 Å². The van der Waals surface area contributed by atoms with Crippen molar-refractivity contribution < 1.29 is 9.47 Å². The maximum absolute atomic E-state index is 6.25. The summed E-state index contributed by atoms with van der Waals surface area (Å²) in [5.74, 6) is 3.37. The van der Waals surface area contributed by atoms with Gasteiger partial charge in [-0.25, -0.2) is 9.97 Å². The molecule has 3 unspecified atom stereocenters. The van der Waals surface area contributed by atoms with E-state index in [0.717, 1.165) is 39.8 Å². The Labute approximate surface area is 333 Å². The summed E-state index contributed by atoms with van der Waals surface area (Å²) in [4.78, 5) is 9.04. The largest absolute Gasteiger partial charge is 0.363 e. The number of aryl methyl sites for hydroxylation is 2. The third-order valence-corrected chi connectivity index (χ3v) is 12.3. The lowest BCUT2D eigenvalue weighted by molar-refractivity contribution is -0.0207. The van der Waals surface area contributed by atoms with Crippen molar-refractivity contribution in [3.63, 3.8) is 0 Å². The van der Waals surface area contributed by atoms with Crippen LogP contribution in [0.2, 0.25) is 10.0 Å². The monoisotopic (exact) mass is 788 g/mol. The van der Waals surface area contributed by atoms with Crippen molar-refractivity contribution >= 4 is 45.9 Å². The third kappa shape index (κ3) is 9.14. The van der Waals surface area contributed by atoms with Gasteiger partial charge in [0.25, 0.3) is 0 Å². The molecule has 4 heterocycles. The quantitative estimate of drug-likeness (QED) is 0.0901. The normalized spacial score (nSPS) is 20.7. The number of hydrogen-bond donors (Lipinski definition) is 4. The van der Waals surface area contributed by atoms with E-state index < -0.39 is 0 Å². The number of benzene rings is 2. The smallest absolute Gasteiger partial charge is 0.194 e. The van der Waals surface area contributed by atoms with Gasteiger partial charge in [0.2, 0.25) is 0 Å². The summed E-state index contributed by atoms with van der Waals surface area (Å²) in [6.07, 6.45) is 12.1. The van der Waals surface area contributed by atoms with E-state index in [4.69, 9.17) is 32.7 Å².